The van der Waals surface area contributed by atoms with Crippen LogP contribution in [-0.4, -0.2) is 16.7 Å². The fraction of sp³-hybridized carbons (Fsp3) is 0.273. The van der Waals surface area contributed by atoms with Crippen molar-refractivity contribution >= 4 is 0 Å². The van der Waals surface area contributed by atoms with E-state index in [2.05, 4.69) is 14.7 Å². The summed E-state index contributed by atoms with van der Waals surface area (Å²) in [5.74, 6) is 0.759. The molecule has 84 valence electrons. The summed E-state index contributed by atoms with van der Waals surface area (Å²) in [7, 11) is 0. The van der Waals surface area contributed by atoms with Crippen LogP contribution >= 0.6 is 0 Å². The van der Waals surface area contributed by atoms with E-state index in [1.165, 1.54) is 0 Å². The lowest BCUT2D eigenvalue weighted by atomic mass is 10.1. The number of H-pyrrole nitrogens is 1. The highest BCUT2D eigenvalue weighted by Gasteiger charge is 2.06. The van der Waals surface area contributed by atoms with Gasteiger partial charge >= 0.3 is 5.76 Å². The summed E-state index contributed by atoms with van der Waals surface area (Å²) in [4.78, 5) is 13.3. The van der Waals surface area contributed by atoms with Crippen molar-refractivity contribution in [2.75, 3.05) is 6.61 Å². The molecule has 1 aromatic carbocycles. The Morgan fingerprint density at radius 2 is 2.25 bits per heavy atom. The third-order valence-electron chi connectivity index (χ3n) is 2.12. The summed E-state index contributed by atoms with van der Waals surface area (Å²) in [6, 6.07) is 7.63. The molecule has 0 aliphatic heterocycles. The fourth-order valence-electron chi connectivity index (χ4n) is 1.46. The highest BCUT2D eigenvalue weighted by atomic mass is 16.5. The number of ether oxygens (including phenoxy) is 1. The number of benzene rings is 1. The minimum atomic E-state index is -0.538. The van der Waals surface area contributed by atoms with E-state index >= 15 is 0 Å². The quantitative estimate of drug-likeness (QED) is 0.844. The van der Waals surface area contributed by atoms with Crippen molar-refractivity contribution in [1.29, 1.82) is 0 Å². The molecule has 0 amide bonds. The first-order valence-corrected chi connectivity index (χ1v) is 5.05. The van der Waals surface area contributed by atoms with Crippen LogP contribution in [0.15, 0.2) is 33.6 Å². The van der Waals surface area contributed by atoms with Crippen LogP contribution in [0.4, 0.5) is 0 Å². The van der Waals surface area contributed by atoms with Gasteiger partial charge in [0.05, 0.1) is 6.61 Å². The van der Waals surface area contributed by atoms with Crippen LogP contribution < -0.4 is 10.5 Å². The molecule has 0 spiro atoms. The maximum atomic E-state index is 10.8. The van der Waals surface area contributed by atoms with Gasteiger partial charge in [0.15, 0.2) is 5.82 Å². The Kier molecular flexibility index (Phi) is 3.05. The number of hydrogen-bond acceptors (Lipinski definition) is 4. The molecule has 0 saturated carbocycles. The summed E-state index contributed by atoms with van der Waals surface area (Å²) in [5, 5.41) is 3.61. The van der Waals surface area contributed by atoms with E-state index in [0.29, 0.717) is 18.9 Å². The molecule has 0 radical (unpaired) electrons. The lowest BCUT2D eigenvalue weighted by molar-refractivity contribution is 0.336. The van der Waals surface area contributed by atoms with E-state index in [-0.39, 0.29) is 0 Å². The first-order valence-electron chi connectivity index (χ1n) is 5.05. The molecule has 5 heteroatoms. The summed E-state index contributed by atoms with van der Waals surface area (Å²) >= 11 is 0. The zero-order valence-corrected chi connectivity index (χ0v) is 8.90. The van der Waals surface area contributed by atoms with Crippen LogP contribution in [0.1, 0.15) is 18.3 Å². The second-order valence-electron chi connectivity index (χ2n) is 3.26. The van der Waals surface area contributed by atoms with Crippen LogP contribution in [0.2, 0.25) is 0 Å². The van der Waals surface area contributed by atoms with Gasteiger partial charge in [-0.3, -0.25) is 9.51 Å². The Morgan fingerprint density at radius 3 is 2.94 bits per heavy atom. The van der Waals surface area contributed by atoms with Crippen molar-refractivity contribution < 1.29 is 9.26 Å². The molecule has 0 atom stereocenters. The Bertz CT molecular complexity index is 516. The topological polar surface area (TPSA) is 68.1 Å². The van der Waals surface area contributed by atoms with E-state index in [4.69, 9.17) is 4.74 Å². The Labute approximate surface area is 92.0 Å². The molecule has 1 aromatic heterocycles. The van der Waals surface area contributed by atoms with Crippen LogP contribution in [0.5, 0.6) is 5.75 Å². The highest BCUT2D eigenvalue weighted by molar-refractivity contribution is 5.35. The van der Waals surface area contributed by atoms with Crippen LogP contribution in [0.3, 0.4) is 0 Å². The Hall–Kier alpha value is -2.04. The largest absolute Gasteiger partial charge is 0.494 e. The summed E-state index contributed by atoms with van der Waals surface area (Å²) in [5.41, 5.74) is 0.967. The molecule has 0 aliphatic carbocycles. The normalized spacial score (nSPS) is 10.3. The molecular weight excluding hydrogens is 208 g/mol. The third kappa shape index (κ3) is 2.31. The zero-order chi connectivity index (χ0) is 11.4. The molecule has 2 aromatic rings. The highest BCUT2D eigenvalue weighted by Crippen LogP contribution is 2.19. The molecule has 0 aliphatic rings. The lowest BCUT2D eigenvalue weighted by Crippen LogP contribution is -2.00. The van der Waals surface area contributed by atoms with Crippen molar-refractivity contribution in [3.8, 4) is 5.75 Å². The van der Waals surface area contributed by atoms with Gasteiger partial charge in [0.2, 0.25) is 0 Å². The van der Waals surface area contributed by atoms with Gasteiger partial charge in [-0.15, -0.1) is 0 Å². The maximum Gasteiger partial charge on any atom is 0.438 e. The van der Waals surface area contributed by atoms with Gasteiger partial charge in [0, 0.05) is 12.0 Å². The molecule has 0 fully saturated rings. The predicted molar refractivity (Wildman–Crippen MR) is 57.5 cm³/mol. The van der Waals surface area contributed by atoms with E-state index in [1.54, 1.807) is 0 Å². The second-order valence-corrected chi connectivity index (χ2v) is 3.26. The zero-order valence-electron chi connectivity index (χ0n) is 8.90. The second kappa shape index (κ2) is 4.65. The minimum absolute atomic E-state index is 0.488. The van der Waals surface area contributed by atoms with Gasteiger partial charge in [-0.05, 0) is 13.0 Å². The van der Waals surface area contributed by atoms with Crippen molar-refractivity contribution in [3.05, 3.63) is 46.2 Å². The molecule has 0 bridgehead atoms. The van der Waals surface area contributed by atoms with Gasteiger partial charge in [-0.2, -0.15) is 0 Å². The molecule has 0 unspecified atom stereocenters. The monoisotopic (exact) mass is 220 g/mol. The Morgan fingerprint density at radius 1 is 1.44 bits per heavy atom. The van der Waals surface area contributed by atoms with Crippen molar-refractivity contribution in [3.63, 3.8) is 0 Å². The summed E-state index contributed by atoms with van der Waals surface area (Å²) in [6.07, 6.45) is 0.488. The van der Waals surface area contributed by atoms with E-state index in [1.807, 2.05) is 31.2 Å². The van der Waals surface area contributed by atoms with E-state index < -0.39 is 5.76 Å². The van der Waals surface area contributed by atoms with Gasteiger partial charge in [-0.25, -0.2) is 4.79 Å². The Balaban J connectivity index is 2.23. The first kappa shape index (κ1) is 10.5. The fourth-order valence-corrected chi connectivity index (χ4v) is 1.46. The number of aromatic amines is 1. The maximum absolute atomic E-state index is 10.8. The molecule has 1 N–H and O–H groups in total. The van der Waals surface area contributed by atoms with Gasteiger partial charge < -0.3 is 4.74 Å². The lowest BCUT2D eigenvalue weighted by Gasteiger charge is -2.07. The van der Waals surface area contributed by atoms with E-state index in [0.717, 1.165) is 11.3 Å². The minimum Gasteiger partial charge on any atom is -0.494 e. The molecule has 5 nitrogen and oxygen atoms in total. The standard InChI is InChI=1S/C11H12N2O3/c1-2-15-9-6-4-3-5-8(9)7-10-12-11(14)16-13-10/h3-6H,2,7H2,1H3,(H,12,13,14). The van der Waals surface area contributed by atoms with Crippen LogP contribution in [-0.2, 0) is 6.42 Å². The number of para-hydroxylation sites is 1. The number of nitrogens with zero attached hydrogens (tertiary/aromatic N) is 1. The molecule has 2 rings (SSSR count). The molecule has 0 saturated heterocycles. The third-order valence-corrected chi connectivity index (χ3v) is 2.12. The van der Waals surface area contributed by atoms with Crippen molar-refractivity contribution in [2.45, 2.75) is 13.3 Å². The van der Waals surface area contributed by atoms with Crippen molar-refractivity contribution in [1.82, 2.24) is 10.1 Å². The smallest absolute Gasteiger partial charge is 0.438 e. The number of aromatic nitrogens is 2. The van der Waals surface area contributed by atoms with Gasteiger partial charge in [0.1, 0.15) is 5.75 Å². The molecular formula is C11H12N2O3. The van der Waals surface area contributed by atoms with Crippen LogP contribution in [0.25, 0.3) is 0 Å². The first-order chi connectivity index (χ1) is 7.79. The SMILES string of the molecule is CCOc1ccccc1Cc1noc(=O)[nH]1. The van der Waals surface area contributed by atoms with Gasteiger partial charge in [-0.1, -0.05) is 23.4 Å². The van der Waals surface area contributed by atoms with Crippen molar-refractivity contribution in [2.24, 2.45) is 0 Å². The number of rotatable bonds is 4. The summed E-state index contributed by atoms with van der Waals surface area (Å²) in [6.45, 7) is 2.53. The summed E-state index contributed by atoms with van der Waals surface area (Å²) < 4.78 is 9.90. The van der Waals surface area contributed by atoms with Gasteiger partial charge in [0.25, 0.3) is 0 Å². The number of hydrogen-bond donors (Lipinski definition) is 1. The average Bonchev–Trinajstić information content (AvgIpc) is 2.67. The molecule has 1 heterocycles. The number of nitrogens with one attached hydrogen (secondary N) is 1. The van der Waals surface area contributed by atoms with Crippen LogP contribution in [0, 0.1) is 0 Å². The predicted octanol–water partition coefficient (Wildman–Crippen LogP) is 1.35. The average molecular weight is 220 g/mol. The van der Waals surface area contributed by atoms with E-state index in [9.17, 15) is 4.79 Å². The molecule has 16 heavy (non-hydrogen) atoms.